The van der Waals surface area contributed by atoms with E-state index in [4.69, 9.17) is 5.84 Å². The molecule has 4 nitrogen and oxygen atoms in total. The van der Waals surface area contributed by atoms with Crippen molar-refractivity contribution >= 4 is 11.6 Å². The van der Waals surface area contributed by atoms with E-state index in [0.29, 0.717) is 13.0 Å². The van der Waals surface area contributed by atoms with E-state index in [1.165, 1.54) is 11.1 Å². The highest BCUT2D eigenvalue weighted by molar-refractivity contribution is 5.75. The van der Waals surface area contributed by atoms with Gasteiger partial charge in [-0.05, 0) is 25.5 Å². The molecule has 3 N–H and O–H groups in total. The molecule has 0 spiro atoms. The van der Waals surface area contributed by atoms with E-state index in [-0.39, 0.29) is 5.91 Å². The summed E-state index contributed by atoms with van der Waals surface area (Å²) in [6.07, 6.45) is 0.403. The first-order chi connectivity index (χ1) is 7.54. The highest BCUT2D eigenvalue weighted by atomic mass is 16.2. The number of carbonyl (C=O) groups is 1. The number of rotatable bonds is 4. The van der Waals surface area contributed by atoms with Crippen molar-refractivity contribution in [1.82, 2.24) is 5.43 Å². The minimum absolute atomic E-state index is 0.142. The fourth-order valence-electron chi connectivity index (χ4n) is 1.70. The van der Waals surface area contributed by atoms with Crippen LogP contribution in [0.2, 0.25) is 0 Å². The molecule has 0 saturated heterocycles. The second kappa shape index (κ2) is 5.51. The molecule has 0 saturated carbocycles. The van der Waals surface area contributed by atoms with Crippen molar-refractivity contribution in [3.05, 3.63) is 29.3 Å². The van der Waals surface area contributed by atoms with E-state index in [2.05, 4.69) is 42.4 Å². The van der Waals surface area contributed by atoms with Gasteiger partial charge in [-0.15, -0.1) is 0 Å². The second-order valence-corrected chi connectivity index (χ2v) is 4.03. The van der Waals surface area contributed by atoms with Gasteiger partial charge < -0.3 is 4.90 Å². The van der Waals surface area contributed by atoms with Gasteiger partial charge in [0, 0.05) is 25.7 Å². The maximum absolute atomic E-state index is 11.0. The number of hydrazine groups is 1. The molecule has 0 bridgehead atoms. The molecule has 0 aliphatic heterocycles. The van der Waals surface area contributed by atoms with Crippen LogP contribution in [-0.4, -0.2) is 19.5 Å². The molecule has 1 rings (SSSR count). The topological polar surface area (TPSA) is 58.4 Å². The van der Waals surface area contributed by atoms with Crippen LogP contribution in [0.25, 0.3) is 0 Å². The molecular formula is C12H19N3O. The molecule has 0 atom stereocenters. The Kier molecular flexibility index (Phi) is 4.31. The second-order valence-electron chi connectivity index (χ2n) is 4.03. The van der Waals surface area contributed by atoms with Gasteiger partial charge in [0.25, 0.3) is 0 Å². The molecule has 1 aromatic rings. The standard InChI is InChI=1S/C12H19N3O/c1-9-4-5-11(10(2)8-9)15(3)7-6-12(16)14-13/h4-5,8H,6-7,13H2,1-3H3,(H,14,16). The van der Waals surface area contributed by atoms with Gasteiger partial charge >= 0.3 is 0 Å². The highest BCUT2D eigenvalue weighted by Gasteiger charge is 2.06. The molecule has 88 valence electrons. The van der Waals surface area contributed by atoms with Crippen LogP contribution in [0, 0.1) is 13.8 Å². The van der Waals surface area contributed by atoms with Crippen molar-refractivity contribution in [2.24, 2.45) is 5.84 Å². The molecule has 0 aromatic heterocycles. The number of nitrogens with zero attached hydrogens (tertiary/aromatic N) is 1. The summed E-state index contributed by atoms with van der Waals surface area (Å²) in [5.74, 6) is 4.89. The van der Waals surface area contributed by atoms with Crippen LogP contribution in [0.1, 0.15) is 17.5 Å². The first-order valence-corrected chi connectivity index (χ1v) is 5.32. The van der Waals surface area contributed by atoms with Gasteiger partial charge in [0.2, 0.25) is 5.91 Å². The van der Waals surface area contributed by atoms with Crippen LogP contribution in [-0.2, 0) is 4.79 Å². The summed E-state index contributed by atoms with van der Waals surface area (Å²) in [7, 11) is 1.97. The van der Waals surface area contributed by atoms with E-state index in [9.17, 15) is 4.79 Å². The maximum Gasteiger partial charge on any atom is 0.235 e. The first-order valence-electron chi connectivity index (χ1n) is 5.32. The van der Waals surface area contributed by atoms with E-state index < -0.39 is 0 Å². The molecule has 0 unspecified atom stereocenters. The zero-order valence-corrected chi connectivity index (χ0v) is 10.1. The van der Waals surface area contributed by atoms with E-state index in [1.807, 2.05) is 7.05 Å². The Hall–Kier alpha value is -1.55. The number of hydrogen-bond acceptors (Lipinski definition) is 3. The van der Waals surface area contributed by atoms with Crippen LogP contribution in [0.3, 0.4) is 0 Å². The van der Waals surface area contributed by atoms with E-state index in [1.54, 1.807) is 0 Å². The van der Waals surface area contributed by atoms with Crippen molar-refractivity contribution in [3.63, 3.8) is 0 Å². The molecule has 0 aliphatic carbocycles. The summed E-state index contributed by atoms with van der Waals surface area (Å²) in [5.41, 5.74) is 5.74. The van der Waals surface area contributed by atoms with Gasteiger partial charge in [0.1, 0.15) is 0 Å². The molecule has 0 radical (unpaired) electrons. The fourth-order valence-corrected chi connectivity index (χ4v) is 1.70. The SMILES string of the molecule is Cc1ccc(N(C)CCC(=O)NN)c(C)c1. The average Bonchev–Trinajstić information content (AvgIpc) is 2.25. The molecule has 16 heavy (non-hydrogen) atoms. The van der Waals surface area contributed by atoms with Crippen molar-refractivity contribution in [2.45, 2.75) is 20.3 Å². The lowest BCUT2D eigenvalue weighted by atomic mass is 10.1. The molecule has 0 heterocycles. The van der Waals surface area contributed by atoms with Gasteiger partial charge in [0.15, 0.2) is 0 Å². The molecule has 0 aliphatic rings. The van der Waals surface area contributed by atoms with Crippen molar-refractivity contribution < 1.29 is 4.79 Å². The summed E-state index contributed by atoms with van der Waals surface area (Å²) < 4.78 is 0. The number of hydrogen-bond donors (Lipinski definition) is 2. The highest BCUT2D eigenvalue weighted by Crippen LogP contribution is 2.19. The zero-order valence-electron chi connectivity index (χ0n) is 10.1. The summed E-state index contributed by atoms with van der Waals surface area (Å²) in [4.78, 5) is 13.1. The Morgan fingerprint density at radius 3 is 2.69 bits per heavy atom. The van der Waals surface area contributed by atoms with Gasteiger partial charge in [-0.1, -0.05) is 17.7 Å². The van der Waals surface area contributed by atoms with Crippen LogP contribution in [0.4, 0.5) is 5.69 Å². The van der Waals surface area contributed by atoms with Crippen LogP contribution in [0.15, 0.2) is 18.2 Å². The third-order valence-electron chi connectivity index (χ3n) is 2.60. The number of amides is 1. The fraction of sp³-hybridized carbons (Fsp3) is 0.417. The van der Waals surface area contributed by atoms with Crippen LogP contribution in [0.5, 0.6) is 0 Å². The normalized spacial score (nSPS) is 10.0. The zero-order chi connectivity index (χ0) is 12.1. The lowest BCUT2D eigenvalue weighted by Gasteiger charge is -2.21. The quantitative estimate of drug-likeness (QED) is 0.455. The third kappa shape index (κ3) is 3.24. The Bertz CT molecular complexity index is 377. The van der Waals surface area contributed by atoms with Gasteiger partial charge in [-0.25, -0.2) is 5.84 Å². The van der Waals surface area contributed by atoms with Crippen molar-refractivity contribution in [3.8, 4) is 0 Å². The predicted octanol–water partition coefficient (Wildman–Crippen LogP) is 1.12. The molecule has 0 fully saturated rings. The lowest BCUT2D eigenvalue weighted by Crippen LogP contribution is -2.33. The Labute approximate surface area is 96.4 Å². The van der Waals surface area contributed by atoms with Gasteiger partial charge in [0.05, 0.1) is 0 Å². The summed E-state index contributed by atoms with van der Waals surface area (Å²) in [5, 5.41) is 0. The number of carbonyl (C=O) groups excluding carboxylic acids is 1. The first kappa shape index (κ1) is 12.5. The summed E-state index contributed by atoms with van der Waals surface area (Å²) in [6.45, 7) is 4.80. The molecule has 4 heteroatoms. The predicted molar refractivity (Wildman–Crippen MR) is 66.1 cm³/mol. The number of nitrogens with two attached hydrogens (primary N) is 1. The van der Waals surface area contributed by atoms with Crippen LogP contribution < -0.4 is 16.2 Å². The third-order valence-corrected chi connectivity index (χ3v) is 2.60. The minimum Gasteiger partial charge on any atom is -0.374 e. The minimum atomic E-state index is -0.142. The van der Waals surface area contributed by atoms with E-state index >= 15 is 0 Å². The Morgan fingerprint density at radius 2 is 2.12 bits per heavy atom. The number of benzene rings is 1. The maximum atomic E-state index is 11.0. The average molecular weight is 221 g/mol. The van der Waals surface area contributed by atoms with Gasteiger partial charge in [-0.3, -0.25) is 10.2 Å². The molecule has 1 aromatic carbocycles. The smallest absolute Gasteiger partial charge is 0.235 e. The summed E-state index contributed by atoms with van der Waals surface area (Å²) in [6, 6.07) is 6.28. The molecule has 1 amide bonds. The van der Waals surface area contributed by atoms with Gasteiger partial charge in [-0.2, -0.15) is 0 Å². The summed E-state index contributed by atoms with van der Waals surface area (Å²) >= 11 is 0. The lowest BCUT2D eigenvalue weighted by molar-refractivity contribution is -0.120. The largest absolute Gasteiger partial charge is 0.374 e. The Balaban J connectivity index is 2.65. The number of anilines is 1. The Morgan fingerprint density at radius 1 is 1.44 bits per heavy atom. The van der Waals surface area contributed by atoms with Crippen molar-refractivity contribution in [2.75, 3.05) is 18.5 Å². The van der Waals surface area contributed by atoms with E-state index in [0.717, 1.165) is 5.69 Å². The number of aryl methyl sites for hydroxylation is 2. The molecular weight excluding hydrogens is 202 g/mol. The van der Waals surface area contributed by atoms with Crippen LogP contribution >= 0.6 is 0 Å². The van der Waals surface area contributed by atoms with Crippen molar-refractivity contribution in [1.29, 1.82) is 0 Å². The monoisotopic (exact) mass is 221 g/mol. The number of nitrogens with one attached hydrogen (secondary N) is 1.